The molecule has 0 radical (unpaired) electrons. The van der Waals surface area contributed by atoms with E-state index in [2.05, 4.69) is 25.7 Å². The minimum Gasteiger partial charge on any atom is -0.354 e. The van der Waals surface area contributed by atoms with Crippen molar-refractivity contribution in [3.8, 4) is 11.3 Å². The molecule has 2 aromatic carbocycles. The molecule has 1 atom stereocenters. The van der Waals surface area contributed by atoms with Crippen molar-refractivity contribution in [2.75, 3.05) is 11.9 Å². The van der Waals surface area contributed by atoms with E-state index in [0.717, 1.165) is 22.2 Å². The van der Waals surface area contributed by atoms with Crippen molar-refractivity contribution in [2.45, 2.75) is 6.04 Å². The molecule has 8 nitrogen and oxygen atoms in total. The van der Waals surface area contributed by atoms with Crippen LogP contribution in [0.3, 0.4) is 0 Å². The Morgan fingerprint density at radius 3 is 2.82 bits per heavy atom. The number of amides is 2. The van der Waals surface area contributed by atoms with E-state index in [1.165, 1.54) is 0 Å². The Morgan fingerprint density at radius 1 is 1.29 bits per heavy atom. The first kappa shape index (κ1) is 17.5. The summed E-state index contributed by atoms with van der Waals surface area (Å²) in [5.74, 6) is -0.858. The van der Waals surface area contributed by atoms with Crippen LogP contribution in [0.5, 0.6) is 0 Å². The van der Waals surface area contributed by atoms with Crippen LogP contribution in [0.4, 0.5) is 5.69 Å². The first-order chi connectivity index (χ1) is 13.6. The molecule has 5 N–H and O–H groups in total. The zero-order valence-electron chi connectivity index (χ0n) is 14.7. The van der Waals surface area contributed by atoms with E-state index in [0.29, 0.717) is 16.8 Å². The van der Waals surface area contributed by atoms with Crippen LogP contribution in [0.15, 0.2) is 47.6 Å². The molecule has 1 aromatic heterocycles. The SMILES string of the molecule is [C-]#[N+]C[C@H](N)C(=O)Nc1cc2c3c(c(-c4ccccc4)[nH]c3c1)C=NNC2=O. The second-order valence-corrected chi connectivity index (χ2v) is 6.36. The highest BCUT2D eigenvalue weighted by Gasteiger charge is 2.23. The van der Waals surface area contributed by atoms with E-state index in [4.69, 9.17) is 12.3 Å². The Kier molecular flexibility index (Phi) is 4.35. The number of benzene rings is 2. The van der Waals surface area contributed by atoms with Crippen LogP contribution >= 0.6 is 0 Å². The smallest absolute Gasteiger partial charge is 0.272 e. The Hall–Kier alpha value is -3.96. The molecule has 1 aliphatic heterocycles. The van der Waals surface area contributed by atoms with Gasteiger partial charge in [0.25, 0.3) is 5.91 Å². The van der Waals surface area contributed by atoms with Gasteiger partial charge in [0.2, 0.25) is 12.5 Å². The van der Waals surface area contributed by atoms with Gasteiger partial charge in [0.15, 0.2) is 6.04 Å². The number of nitrogens with two attached hydrogens (primary N) is 1. The Balaban J connectivity index is 1.85. The third kappa shape index (κ3) is 3.00. The number of hydrogen-bond acceptors (Lipinski definition) is 4. The number of H-pyrrole nitrogens is 1. The van der Waals surface area contributed by atoms with Gasteiger partial charge >= 0.3 is 0 Å². The van der Waals surface area contributed by atoms with E-state index in [1.807, 2.05) is 30.3 Å². The van der Waals surface area contributed by atoms with Crippen molar-refractivity contribution < 1.29 is 9.59 Å². The van der Waals surface area contributed by atoms with E-state index in [1.54, 1.807) is 18.3 Å². The number of carbonyl (C=O) groups excluding carboxylic acids is 2. The number of aromatic amines is 1. The molecule has 2 amide bonds. The molecule has 1 aliphatic rings. The zero-order valence-corrected chi connectivity index (χ0v) is 14.7. The third-order valence-corrected chi connectivity index (χ3v) is 4.50. The number of hydrazone groups is 1. The molecule has 0 unspecified atom stereocenters. The number of nitrogens with zero attached hydrogens (tertiary/aromatic N) is 2. The van der Waals surface area contributed by atoms with Gasteiger partial charge in [0.05, 0.1) is 17.5 Å². The number of anilines is 1. The molecule has 4 rings (SSSR count). The third-order valence-electron chi connectivity index (χ3n) is 4.50. The fraction of sp³-hybridized carbons (Fsp3) is 0.100. The van der Waals surface area contributed by atoms with Crippen LogP contribution in [0, 0.1) is 6.57 Å². The lowest BCUT2D eigenvalue weighted by atomic mass is 10.0. The summed E-state index contributed by atoms with van der Waals surface area (Å²) in [7, 11) is 0. The van der Waals surface area contributed by atoms with E-state index in [-0.39, 0.29) is 12.5 Å². The fourth-order valence-electron chi connectivity index (χ4n) is 3.20. The number of hydrogen-bond donors (Lipinski definition) is 4. The number of rotatable bonds is 4. The summed E-state index contributed by atoms with van der Waals surface area (Å²) in [6.45, 7) is 6.73. The first-order valence-corrected chi connectivity index (χ1v) is 8.56. The summed E-state index contributed by atoms with van der Waals surface area (Å²) in [4.78, 5) is 31.1. The van der Waals surface area contributed by atoms with Gasteiger partial charge in [-0.1, -0.05) is 30.3 Å². The highest BCUT2D eigenvalue weighted by molar-refractivity contribution is 6.18. The maximum Gasteiger partial charge on any atom is 0.272 e. The van der Waals surface area contributed by atoms with Crippen molar-refractivity contribution in [2.24, 2.45) is 10.8 Å². The lowest BCUT2D eigenvalue weighted by molar-refractivity contribution is -0.117. The zero-order chi connectivity index (χ0) is 19.7. The van der Waals surface area contributed by atoms with Crippen molar-refractivity contribution >= 4 is 34.6 Å². The van der Waals surface area contributed by atoms with Gasteiger partial charge in [-0.25, -0.2) is 12.0 Å². The molecule has 28 heavy (non-hydrogen) atoms. The fourth-order valence-corrected chi connectivity index (χ4v) is 3.20. The second-order valence-electron chi connectivity index (χ2n) is 6.36. The molecule has 3 aromatic rings. The quantitative estimate of drug-likeness (QED) is 0.525. The number of carbonyl (C=O) groups is 2. The minimum atomic E-state index is -0.941. The summed E-state index contributed by atoms with van der Waals surface area (Å²) >= 11 is 0. The van der Waals surface area contributed by atoms with Gasteiger partial charge in [0, 0.05) is 22.2 Å². The molecule has 0 aliphatic carbocycles. The highest BCUT2D eigenvalue weighted by atomic mass is 16.2. The monoisotopic (exact) mass is 372 g/mol. The molecular formula is C20H16N6O2. The summed E-state index contributed by atoms with van der Waals surface area (Å²) in [6.07, 6.45) is 1.61. The normalized spacial score (nSPS) is 13.5. The van der Waals surface area contributed by atoms with Crippen LogP contribution in [-0.4, -0.2) is 35.6 Å². The Bertz CT molecular complexity index is 1160. The van der Waals surface area contributed by atoms with Crippen molar-refractivity contribution in [3.05, 3.63) is 65.0 Å². The van der Waals surface area contributed by atoms with Crippen LogP contribution in [-0.2, 0) is 4.79 Å². The van der Waals surface area contributed by atoms with Crippen molar-refractivity contribution in [1.82, 2.24) is 10.4 Å². The van der Waals surface area contributed by atoms with Gasteiger partial charge in [-0.05, 0) is 17.7 Å². The molecule has 0 saturated carbocycles. The number of nitrogens with one attached hydrogen (secondary N) is 3. The molecule has 0 fully saturated rings. The van der Waals surface area contributed by atoms with Gasteiger partial charge < -0.3 is 20.9 Å². The Morgan fingerprint density at radius 2 is 2.07 bits per heavy atom. The van der Waals surface area contributed by atoms with Gasteiger partial charge in [-0.15, -0.1) is 0 Å². The topological polar surface area (TPSA) is 117 Å². The minimum absolute atomic E-state index is 0.111. The van der Waals surface area contributed by atoms with Crippen molar-refractivity contribution in [1.29, 1.82) is 0 Å². The summed E-state index contributed by atoms with van der Waals surface area (Å²) < 4.78 is 0. The number of aromatic nitrogens is 1. The van der Waals surface area contributed by atoms with Crippen LogP contribution in [0.1, 0.15) is 15.9 Å². The average molecular weight is 372 g/mol. The summed E-state index contributed by atoms with van der Waals surface area (Å²) in [6, 6.07) is 12.1. The standard InChI is InChI=1S/C20H16N6O2/c1-22-10-15(21)20(28)24-12-7-13-17-14(9-23-26-19(13)27)18(25-16(17)8-12)11-5-3-2-4-6-11/h2-9,15,25H,10,21H2,(H,24,28)(H,26,27)/t15-/m0/s1. The lowest BCUT2D eigenvalue weighted by Gasteiger charge is -2.10. The Labute approximate surface area is 160 Å². The predicted octanol–water partition coefficient (Wildman–Crippen LogP) is 2.10. The van der Waals surface area contributed by atoms with E-state index < -0.39 is 11.9 Å². The van der Waals surface area contributed by atoms with Gasteiger partial charge in [0.1, 0.15) is 0 Å². The van der Waals surface area contributed by atoms with Crippen molar-refractivity contribution in [3.63, 3.8) is 0 Å². The maximum absolute atomic E-state index is 12.5. The molecule has 8 heteroatoms. The summed E-state index contributed by atoms with van der Waals surface area (Å²) in [5.41, 5.74) is 12.2. The van der Waals surface area contributed by atoms with Crippen LogP contribution < -0.4 is 16.5 Å². The first-order valence-electron chi connectivity index (χ1n) is 8.56. The molecule has 138 valence electrons. The van der Waals surface area contributed by atoms with Gasteiger partial charge in [-0.3, -0.25) is 9.59 Å². The largest absolute Gasteiger partial charge is 0.354 e. The second kappa shape index (κ2) is 6.98. The molecule has 2 heterocycles. The molecule has 0 spiro atoms. The van der Waals surface area contributed by atoms with E-state index in [9.17, 15) is 9.59 Å². The predicted molar refractivity (Wildman–Crippen MR) is 107 cm³/mol. The maximum atomic E-state index is 12.5. The molecule has 0 bridgehead atoms. The van der Waals surface area contributed by atoms with E-state index >= 15 is 0 Å². The lowest BCUT2D eigenvalue weighted by Crippen LogP contribution is -2.37. The molecular weight excluding hydrogens is 356 g/mol. The molecule has 0 saturated heterocycles. The van der Waals surface area contributed by atoms with Gasteiger partial charge in [-0.2, -0.15) is 5.10 Å². The average Bonchev–Trinajstić information content (AvgIpc) is 2.97. The van der Waals surface area contributed by atoms with Crippen LogP contribution in [0.25, 0.3) is 27.0 Å². The summed E-state index contributed by atoms with van der Waals surface area (Å²) in [5, 5.41) is 7.41. The highest BCUT2D eigenvalue weighted by Crippen LogP contribution is 2.34. The van der Waals surface area contributed by atoms with Crippen LogP contribution in [0.2, 0.25) is 0 Å².